The summed E-state index contributed by atoms with van der Waals surface area (Å²) in [4.78, 5) is 23.7. The first-order valence-corrected chi connectivity index (χ1v) is 11.2. The third kappa shape index (κ3) is 7.55. The first-order valence-electron chi connectivity index (χ1n) is 11.2. The van der Waals surface area contributed by atoms with Crippen molar-refractivity contribution in [2.45, 2.75) is 51.5 Å². The van der Waals surface area contributed by atoms with E-state index in [2.05, 4.69) is 5.32 Å². The largest absolute Gasteiger partial charge is 0.466 e. The fraction of sp³-hybridized carbons (Fsp3) is 0.440. The molecule has 0 aromatic heterocycles. The minimum absolute atomic E-state index is 0.0266. The molecule has 0 bridgehead atoms. The number of ketones is 1. The average Bonchev–Trinajstić information content (AvgIpc) is 3.60. The fourth-order valence-corrected chi connectivity index (χ4v) is 3.73. The van der Waals surface area contributed by atoms with Crippen LogP contribution in [0.3, 0.4) is 0 Å². The summed E-state index contributed by atoms with van der Waals surface area (Å²) in [6.45, 7) is 1.78. The zero-order valence-corrected chi connectivity index (χ0v) is 19.0. The van der Waals surface area contributed by atoms with Crippen LogP contribution < -0.4 is 5.32 Å². The van der Waals surface area contributed by atoms with Crippen LogP contribution in [-0.2, 0) is 39.6 Å². The first-order chi connectivity index (χ1) is 16.4. The molecule has 35 heavy (non-hydrogen) atoms. The van der Waals surface area contributed by atoms with E-state index in [0.29, 0.717) is 0 Å². The van der Waals surface area contributed by atoms with E-state index >= 15 is 0 Å². The lowest BCUT2D eigenvalue weighted by Gasteiger charge is -2.17. The van der Waals surface area contributed by atoms with Crippen LogP contribution in [0.2, 0.25) is 0 Å². The molecule has 0 amide bonds. The summed E-state index contributed by atoms with van der Waals surface area (Å²) in [7, 11) is 0. The van der Waals surface area contributed by atoms with Crippen molar-refractivity contribution < 1.29 is 40.7 Å². The van der Waals surface area contributed by atoms with Gasteiger partial charge in [0.1, 0.15) is 5.78 Å². The highest BCUT2D eigenvalue weighted by molar-refractivity contribution is 5.83. The second-order valence-corrected chi connectivity index (χ2v) is 8.44. The molecule has 10 heteroatoms. The molecule has 2 aromatic rings. The monoisotopic (exact) mass is 501 g/mol. The van der Waals surface area contributed by atoms with Gasteiger partial charge in [0.05, 0.1) is 24.2 Å². The van der Waals surface area contributed by atoms with E-state index in [4.69, 9.17) is 4.74 Å². The Kier molecular flexibility index (Phi) is 8.25. The highest BCUT2D eigenvalue weighted by atomic mass is 19.4. The molecular formula is C25H25F6NO3. The van der Waals surface area contributed by atoms with Gasteiger partial charge < -0.3 is 10.1 Å². The molecule has 3 rings (SSSR count). The lowest BCUT2D eigenvalue weighted by molar-refractivity contribution is -0.142. The SMILES string of the molecule is CCOC(=O)Cc1cc(-c2ccc(C(F)(F)F)cc2CNCCC(=O)C2CC2)cc(C(F)(F)F)c1. The molecule has 1 saturated carbocycles. The molecule has 0 atom stereocenters. The van der Waals surface area contributed by atoms with E-state index in [9.17, 15) is 35.9 Å². The number of halogens is 6. The van der Waals surface area contributed by atoms with Gasteiger partial charge in [-0.25, -0.2) is 0 Å². The number of Topliss-reactive ketones (excluding diaryl/α,β-unsaturated/α-hetero) is 1. The van der Waals surface area contributed by atoms with Crippen molar-refractivity contribution in [1.82, 2.24) is 5.32 Å². The molecule has 1 aliphatic rings. The summed E-state index contributed by atoms with van der Waals surface area (Å²) >= 11 is 0. The van der Waals surface area contributed by atoms with Crippen LogP contribution in [0.15, 0.2) is 36.4 Å². The predicted octanol–water partition coefficient (Wildman–Crippen LogP) is 5.96. The second-order valence-electron chi connectivity index (χ2n) is 8.44. The van der Waals surface area contributed by atoms with Crippen LogP contribution in [0.4, 0.5) is 26.3 Å². The number of alkyl halides is 6. The van der Waals surface area contributed by atoms with Crippen LogP contribution >= 0.6 is 0 Å². The van der Waals surface area contributed by atoms with E-state index in [1.165, 1.54) is 6.07 Å². The molecule has 190 valence electrons. The van der Waals surface area contributed by atoms with Gasteiger partial charge in [-0.15, -0.1) is 0 Å². The average molecular weight is 501 g/mol. The Hall–Kier alpha value is -2.88. The maximum Gasteiger partial charge on any atom is 0.416 e. The Balaban J connectivity index is 1.95. The summed E-state index contributed by atoms with van der Waals surface area (Å²) in [5, 5.41) is 2.93. The summed E-state index contributed by atoms with van der Waals surface area (Å²) in [5.41, 5.74) is -1.62. The van der Waals surface area contributed by atoms with Gasteiger partial charge in [0.2, 0.25) is 0 Å². The molecular weight excluding hydrogens is 476 g/mol. The molecule has 1 fully saturated rings. The highest BCUT2D eigenvalue weighted by Gasteiger charge is 2.33. The molecule has 1 aliphatic carbocycles. The normalized spacial score (nSPS) is 14.1. The lowest BCUT2D eigenvalue weighted by Crippen LogP contribution is -2.19. The van der Waals surface area contributed by atoms with Crippen LogP contribution in [0.25, 0.3) is 11.1 Å². The molecule has 1 N–H and O–H groups in total. The number of hydrogen-bond acceptors (Lipinski definition) is 4. The number of carbonyl (C=O) groups excluding carboxylic acids is 2. The third-order valence-electron chi connectivity index (χ3n) is 5.61. The number of benzene rings is 2. The van der Waals surface area contributed by atoms with Crippen molar-refractivity contribution >= 4 is 11.8 Å². The number of carbonyl (C=O) groups is 2. The van der Waals surface area contributed by atoms with Crippen molar-refractivity contribution in [3.05, 3.63) is 58.7 Å². The number of ether oxygens (including phenoxy) is 1. The Morgan fingerprint density at radius 1 is 0.971 bits per heavy atom. The Morgan fingerprint density at radius 2 is 1.66 bits per heavy atom. The summed E-state index contributed by atoms with van der Waals surface area (Å²) < 4.78 is 85.5. The minimum Gasteiger partial charge on any atom is -0.466 e. The van der Waals surface area contributed by atoms with E-state index in [-0.39, 0.29) is 60.1 Å². The molecule has 2 aromatic carbocycles. The molecule has 0 aliphatic heterocycles. The minimum atomic E-state index is -4.73. The van der Waals surface area contributed by atoms with Crippen LogP contribution in [0.5, 0.6) is 0 Å². The first kappa shape index (κ1) is 26.7. The van der Waals surface area contributed by atoms with E-state index in [1.807, 2.05) is 0 Å². The Labute approximate surface area is 198 Å². The fourth-order valence-electron chi connectivity index (χ4n) is 3.73. The zero-order chi connectivity index (χ0) is 25.8. The van der Waals surface area contributed by atoms with Gasteiger partial charge in [0.25, 0.3) is 0 Å². The number of nitrogens with one attached hydrogen (secondary N) is 1. The quantitative estimate of drug-likeness (QED) is 0.248. The highest BCUT2D eigenvalue weighted by Crippen LogP contribution is 2.37. The third-order valence-corrected chi connectivity index (χ3v) is 5.61. The van der Waals surface area contributed by atoms with E-state index in [1.54, 1.807) is 6.92 Å². The van der Waals surface area contributed by atoms with Gasteiger partial charge in [-0.3, -0.25) is 9.59 Å². The van der Waals surface area contributed by atoms with Gasteiger partial charge in [-0.05, 0) is 66.3 Å². The maximum absolute atomic E-state index is 13.6. The van der Waals surface area contributed by atoms with Gasteiger partial charge >= 0.3 is 18.3 Å². The van der Waals surface area contributed by atoms with Crippen molar-refractivity contribution in [3.63, 3.8) is 0 Å². The van der Waals surface area contributed by atoms with Crippen LogP contribution in [0, 0.1) is 5.92 Å². The molecule has 0 saturated heterocycles. The van der Waals surface area contributed by atoms with Crippen LogP contribution in [0.1, 0.15) is 48.4 Å². The topological polar surface area (TPSA) is 55.4 Å². The Bertz CT molecular complexity index is 1070. The van der Waals surface area contributed by atoms with E-state index in [0.717, 1.165) is 43.2 Å². The maximum atomic E-state index is 13.6. The van der Waals surface area contributed by atoms with E-state index < -0.39 is 35.9 Å². The summed E-state index contributed by atoms with van der Waals surface area (Å²) in [6, 6.07) is 5.83. The standard InChI is InChI=1S/C25H25F6NO3/c1-2-35-23(34)11-15-9-17(12-20(10-15)25(29,30)31)21-6-5-19(24(26,27)28)13-18(21)14-32-8-7-22(33)16-3-4-16/h5-6,9-10,12-13,16,32H,2-4,7-8,11,14H2,1H3. The molecule has 0 unspecified atom stereocenters. The second kappa shape index (κ2) is 10.8. The van der Waals surface area contributed by atoms with Gasteiger partial charge in [-0.2, -0.15) is 26.3 Å². The molecule has 4 nitrogen and oxygen atoms in total. The van der Waals surface area contributed by atoms with Crippen molar-refractivity contribution in [2.24, 2.45) is 5.92 Å². The molecule has 0 spiro atoms. The van der Waals surface area contributed by atoms with Crippen molar-refractivity contribution in [1.29, 1.82) is 0 Å². The molecule has 0 radical (unpaired) electrons. The number of rotatable bonds is 10. The number of esters is 1. The van der Waals surface area contributed by atoms with Gasteiger partial charge in [-0.1, -0.05) is 12.1 Å². The van der Waals surface area contributed by atoms with Gasteiger partial charge in [0, 0.05) is 25.4 Å². The zero-order valence-electron chi connectivity index (χ0n) is 19.0. The summed E-state index contributed by atoms with van der Waals surface area (Å²) in [5.74, 6) is -0.570. The Morgan fingerprint density at radius 3 is 2.26 bits per heavy atom. The lowest BCUT2D eigenvalue weighted by atomic mass is 9.93. The molecule has 0 heterocycles. The van der Waals surface area contributed by atoms with Crippen LogP contribution in [-0.4, -0.2) is 24.9 Å². The van der Waals surface area contributed by atoms with Crippen molar-refractivity contribution in [2.75, 3.05) is 13.2 Å². The number of hydrogen-bond donors (Lipinski definition) is 1. The smallest absolute Gasteiger partial charge is 0.416 e. The van der Waals surface area contributed by atoms with Crippen molar-refractivity contribution in [3.8, 4) is 11.1 Å². The van der Waals surface area contributed by atoms with Gasteiger partial charge in [0.15, 0.2) is 0 Å². The summed E-state index contributed by atoms with van der Waals surface area (Å²) in [6.07, 6.45) is -7.86. The predicted molar refractivity (Wildman–Crippen MR) is 116 cm³/mol.